The molecule has 0 atom stereocenters. The predicted octanol–water partition coefficient (Wildman–Crippen LogP) is 3.12. The SMILES string of the molecule is Cc1cc(=O)[nH]c(SCC(=O)Nc2cc(Cl)cc(Cl)c2)n1. The fourth-order valence-corrected chi connectivity index (χ4v) is 2.82. The Hall–Kier alpha value is -1.50. The number of benzene rings is 1. The zero-order chi connectivity index (χ0) is 15.4. The van der Waals surface area contributed by atoms with Gasteiger partial charge in [-0.25, -0.2) is 4.98 Å². The Bertz CT molecular complexity index is 713. The van der Waals surface area contributed by atoms with E-state index in [1.807, 2.05) is 0 Å². The van der Waals surface area contributed by atoms with Crippen LogP contribution in [0.15, 0.2) is 34.2 Å². The first-order chi connectivity index (χ1) is 9.92. The summed E-state index contributed by atoms with van der Waals surface area (Å²) in [5.74, 6) is -0.140. The predicted molar refractivity (Wildman–Crippen MR) is 85.4 cm³/mol. The van der Waals surface area contributed by atoms with Crippen LogP contribution in [-0.2, 0) is 4.79 Å². The van der Waals surface area contributed by atoms with Crippen LogP contribution < -0.4 is 10.9 Å². The largest absolute Gasteiger partial charge is 0.325 e. The zero-order valence-corrected chi connectivity index (χ0v) is 13.3. The zero-order valence-electron chi connectivity index (χ0n) is 10.9. The van der Waals surface area contributed by atoms with Gasteiger partial charge >= 0.3 is 0 Å². The molecule has 0 radical (unpaired) electrons. The number of anilines is 1. The van der Waals surface area contributed by atoms with Crippen molar-refractivity contribution in [3.8, 4) is 0 Å². The third-order valence-electron chi connectivity index (χ3n) is 2.33. The number of hydrogen-bond donors (Lipinski definition) is 2. The van der Waals surface area contributed by atoms with E-state index in [2.05, 4.69) is 15.3 Å². The molecule has 0 aliphatic heterocycles. The van der Waals surface area contributed by atoms with Gasteiger partial charge in [0.25, 0.3) is 5.56 Å². The van der Waals surface area contributed by atoms with E-state index in [0.717, 1.165) is 11.8 Å². The van der Waals surface area contributed by atoms with Gasteiger partial charge in [0.2, 0.25) is 5.91 Å². The van der Waals surface area contributed by atoms with Gasteiger partial charge in [-0.05, 0) is 25.1 Å². The molecule has 21 heavy (non-hydrogen) atoms. The van der Waals surface area contributed by atoms with Crippen LogP contribution in [0.2, 0.25) is 10.0 Å². The van der Waals surface area contributed by atoms with Crippen molar-refractivity contribution in [2.45, 2.75) is 12.1 Å². The number of aromatic nitrogens is 2. The molecule has 1 heterocycles. The van der Waals surface area contributed by atoms with Gasteiger partial charge in [0.05, 0.1) is 5.75 Å². The lowest BCUT2D eigenvalue weighted by molar-refractivity contribution is -0.113. The monoisotopic (exact) mass is 343 g/mol. The lowest BCUT2D eigenvalue weighted by Gasteiger charge is -2.06. The molecule has 0 saturated carbocycles. The molecule has 1 aromatic carbocycles. The van der Waals surface area contributed by atoms with E-state index >= 15 is 0 Å². The van der Waals surface area contributed by atoms with Gasteiger partial charge in [-0.15, -0.1) is 0 Å². The molecule has 2 N–H and O–H groups in total. The summed E-state index contributed by atoms with van der Waals surface area (Å²) in [6, 6.07) is 6.17. The molecule has 8 heteroatoms. The Balaban J connectivity index is 1.97. The molecular weight excluding hydrogens is 333 g/mol. The first kappa shape index (κ1) is 15.9. The number of aromatic amines is 1. The molecular formula is C13H11Cl2N3O2S. The minimum absolute atomic E-state index is 0.108. The Morgan fingerprint density at radius 1 is 1.29 bits per heavy atom. The molecule has 0 unspecified atom stereocenters. The second kappa shape index (κ2) is 6.98. The number of carbonyl (C=O) groups excluding carboxylic acids is 1. The molecule has 2 aromatic rings. The van der Waals surface area contributed by atoms with E-state index in [0.29, 0.717) is 26.6 Å². The number of halogens is 2. The molecule has 0 spiro atoms. The van der Waals surface area contributed by atoms with Gasteiger partial charge < -0.3 is 10.3 Å². The third-order valence-corrected chi connectivity index (χ3v) is 3.64. The van der Waals surface area contributed by atoms with E-state index in [1.54, 1.807) is 25.1 Å². The summed E-state index contributed by atoms with van der Waals surface area (Å²) in [6.07, 6.45) is 0. The van der Waals surface area contributed by atoms with Crippen molar-refractivity contribution in [1.29, 1.82) is 0 Å². The van der Waals surface area contributed by atoms with Gasteiger partial charge in [0.15, 0.2) is 5.16 Å². The van der Waals surface area contributed by atoms with Crippen molar-refractivity contribution in [3.05, 3.63) is 50.4 Å². The van der Waals surface area contributed by atoms with E-state index in [1.165, 1.54) is 6.07 Å². The van der Waals surface area contributed by atoms with Crippen molar-refractivity contribution in [3.63, 3.8) is 0 Å². The lowest BCUT2D eigenvalue weighted by atomic mass is 10.3. The highest BCUT2D eigenvalue weighted by molar-refractivity contribution is 7.99. The lowest BCUT2D eigenvalue weighted by Crippen LogP contribution is -2.15. The Kier molecular flexibility index (Phi) is 5.27. The van der Waals surface area contributed by atoms with Crippen LogP contribution >= 0.6 is 35.0 Å². The van der Waals surface area contributed by atoms with Crippen molar-refractivity contribution in [1.82, 2.24) is 9.97 Å². The van der Waals surface area contributed by atoms with Crippen molar-refractivity contribution in [2.24, 2.45) is 0 Å². The van der Waals surface area contributed by atoms with Crippen LogP contribution in [0.4, 0.5) is 5.69 Å². The van der Waals surface area contributed by atoms with Gasteiger partial charge in [0.1, 0.15) is 0 Å². The molecule has 0 bridgehead atoms. The molecule has 0 aliphatic rings. The van der Waals surface area contributed by atoms with E-state index in [4.69, 9.17) is 23.2 Å². The quantitative estimate of drug-likeness (QED) is 0.660. The molecule has 0 aliphatic carbocycles. The first-order valence-corrected chi connectivity index (χ1v) is 7.63. The van der Waals surface area contributed by atoms with Crippen LogP contribution in [0.1, 0.15) is 5.69 Å². The van der Waals surface area contributed by atoms with E-state index < -0.39 is 0 Å². The minimum atomic E-state index is -0.248. The highest BCUT2D eigenvalue weighted by Gasteiger charge is 2.07. The van der Waals surface area contributed by atoms with Crippen LogP contribution in [0.3, 0.4) is 0 Å². The van der Waals surface area contributed by atoms with Crippen molar-refractivity contribution >= 4 is 46.6 Å². The average molecular weight is 344 g/mol. The summed E-state index contributed by atoms with van der Waals surface area (Å²) >= 11 is 12.8. The maximum atomic E-state index is 11.8. The summed E-state index contributed by atoms with van der Waals surface area (Å²) in [5.41, 5.74) is 0.874. The topological polar surface area (TPSA) is 74.8 Å². The number of nitrogens with zero attached hydrogens (tertiary/aromatic N) is 1. The fraction of sp³-hybridized carbons (Fsp3) is 0.154. The molecule has 2 rings (SSSR count). The standard InChI is InChI=1S/C13H11Cl2N3O2S/c1-7-2-11(19)18-13(16-7)21-6-12(20)17-10-4-8(14)3-9(15)5-10/h2-5H,6H2,1H3,(H,17,20)(H,16,18,19). The number of thioether (sulfide) groups is 1. The van der Waals surface area contributed by atoms with E-state index in [-0.39, 0.29) is 17.2 Å². The summed E-state index contributed by atoms with van der Waals surface area (Å²) in [6.45, 7) is 1.72. The highest BCUT2D eigenvalue weighted by Crippen LogP contribution is 2.22. The second-order valence-electron chi connectivity index (χ2n) is 4.19. The number of nitrogens with one attached hydrogen (secondary N) is 2. The number of H-pyrrole nitrogens is 1. The number of amides is 1. The molecule has 0 saturated heterocycles. The number of carbonyl (C=O) groups is 1. The number of rotatable bonds is 4. The minimum Gasteiger partial charge on any atom is -0.325 e. The Labute approximate surface area is 135 Å². The van der Waals surface area contributed by atoms with Crippen LogP contribution in [0, 0.1) is 6.92 Å². The van der Waals surface area contributed by atoms with Crippen LogP contribution in [0.25, 0.3) is 0 Å². The number of hydrogen-bond acceptors (Lipinski definition) is 4. The second-order valence-corrected chi connectivity index (χ2v) is 6.02. The summed E-state index contributed by atoms with van der Waals surface area (Å²) in [4.78, 5) is 29.8. The maximum absolute atomic E-state index is 11.8. The highest BCUT2D eigenvalue weighted by atomic mass is 35.5. The Morgan fingerprint density at radius 2 is 1.95 bits per heavy atom. The summed E-state index contributed by atoms with van der Waals surface area (Å²) in [5, 5.41) is 3.96. The molecule has 110 valence electrons. The smallest absolute Gasteiger partial charge is 0.251 e. The fourth-order valence-electron chi connectivity index (χ4n) is 1.58. The van der Waals surface area contributed by atoms with Gasteiger partial charge in [0, 0.05) is 27.5 Å². The summed E-state index contributed by atoms with van der Waals surface area (Å²) < 4.78 is 0. The molecule has 1 aromatic heterocycles. The number of aryl methyl sites for hydroxylation is 1. The molecule has 5 nitrogen and oxygen atoms in total. The van der Waals surface area contributed by atoms with Gasteiger partial charge in [-0.1, -0.05) is 35.0 Å². The average Bonchev–Trinajstić information content (AvgIpc) is 2.34. The first-order valence-electron chi connectivity index (χ1n) is 5.89. The van der Waals surface area contributed by atoms with Crippen LogP contribution in [0.5, 0.6) is 0 Å². The van der Waals surface area contributed by atoms with Crippen LogP contribution in [-0.4, -0.2) is 21.6 Å². The van der Waals surface area contributed by atoms with Crippen molar-refractivity contribution in [2.75, 3.05) is 11.1 Å². The Morgan fingerprint density at radius 3 is 2.57 bits per heavy atom. The molecule has 0 fully saturated rings. The third kappa shape index (κ3) is 5.08. The van der Waals surface area contributed by atoms with Gasteiger partial charge in [-0.3, -0.25) is 9.59 Å². The maximum Gasteiger partial charge on any atom is 0.251 e. The van der Waals surface area contributed by atoms with Crippen molar-refractivity contribution < 1.29 is 4.79 Å². The molecule has 1 amide bonds. The normalized spacial score (nSPS) is 10.4. The summed E-state index contributed by atoms with van der Waals surface area (Å²) in [7, 11) is 0. The van der Waals surface area contributed by atoms with Gasteiger partial charge in [-0.2, -0.15) is 0 Å². The van der Waals surface area contributed by atoms with E-state index in [9.17, 15) is 9.59 Å².